The van der Waals surface area contributed by atoms with E-state index in [4.69, 9.17) is 4.74 Å². The average Bonchev–Trinajstić information content (AvgIpc) is 2.37. The van der Waals surface area contributed by atoms with Crippen molar-refractivity contribution in [1.29, 1.82) is 0 Å². The Bertz CT molecular complexity index is 632. The van der Waals surface area contributed by atoms with Crippen molar-refractivity contribution in [3.05, 3.63) is 45.7 Å². The van der Waals surface area contributed by atoms with E-state index in [1.165, 1.54) is 5.56 Å². The van der Waals surface area contributed by atoms with E-state index in [9.17, 15) is 4.79 Å². The van der Waals surface area contributed by atoms with Crippen LogP contribution in [0.2, 0.25) is 0 Å². The first-order valence-corrected chi connectivity index (χ1v) is 5.54. The van der Waals surface area contributed by atoms with Gasteiger partial charge < -0.3 is 4.74 Å². The Labute approximate surface area is 98.3 Å². The molecule has 0 unspecified atom stereocenters. The molecule has 0 fully saturated rings. The molecule has 2 aromatic rings. The molecule has 0 spiro atoms. The lowest BCUT2D eigenvalue weighted by molar-refractivity contribution is 0.415. The summed E-state index contributed by atoms with van der Waals surface area (Å²) >= 11 is 0. The Kier molecular flexibility index (Phi) is 2.21. The monoisotopic (exact) mass is 228 g/mol. The topological polar surface area (TPSA) is 55.0 Å². The molecule has 1 aliphatic carbocycles. The number of hydrogen-bond acceptors (Lipinski definition) is 3. The molecule has 1 aliphatic rings. The molecule has 0 amide bonds. The minimum atomic E-state index is -0.143. The van der Waals surface area contributed by atoms with Crippen LogP contribution < -0.4 is 10.3 Å². The van der Waals surface area contributed by atoms with E-state index >= 15 is 0 Å². The largest absolute Gasteiger partial charge is 0.497 e. The molecule has 0 saturated carbocycles. The lowest BCUT2D eigenvalue weighted by atomic mass is 9.89. The number of H-pyrrole nitrogens is 1. The van der Waals surface area contributed by atoms with Crippen molar-refractivity contribution in [2.24, 2.45) is 0 Å². The van der Waals surface area contributed by atoms with Crippen LogP contribution in [0.25, 0.3) is 11.3 Å². The van der Waals surface area contributed by atoms with Crippen molar-refractivity contribution < 1.29 is 4.74 Å². The van der Waals surface area contributed by atoms with Gasteiger partial charge in [-0.15, -0.1) is 0 Å². The highest BCUT2D eigenvalue weighted by molar-refractivity contribution is 5.70. The molecule has 1 aromatic carbocycles. The lowest BCUT2D eigenvalue weighted by Gasteiger charge is -2.18. The summed E-state index contributed by atoms with van der Waals surface area (Å²) in [7, 11) is 1.64. The predicted octanol–water partition coefficient (Wildman–Crippen LogP) is 1.54. The van der Waals surface area contributed by atoms with Crippen LogP contribution in [-0.2, 0) is 12.8 Å². The van der Waals surface area contributed by atoms with Gasteiger partial charge in [-0.05, 0) is 36.1 Å². The van der Waals surface area contributed by atoms with Gasteiger partial charge in [0.25, 0.3) is 5.56 Å². The standard InChI is InChI=1S/C13H12N2O2/c1-17-10-5-4-8-2-3-9-6-12(16)14-15-13(9)11(8)7-10/h4-7H,2-3H2,1H3,(H,14,16). The number of nitrogens with one attached hydrogen (secondary N) is 1. The van der Waals surface area contributed by atoms with Crippen LogP contribution in [0.5, 0.6) is 5.75 Å². The minimum absolute atomic E-state index is 0.143. The average molecular weight is 228 g/mol. The predicted molar refractivity (Wildman–Crippen MR) is 64.3 cm³/mol. The first kappa shape index (κ1) is 10.1. The summed E-state index contributed by atoms with van der Waals surface area (Å²) in [6.07, 6.45) is 1.81. The normalized spacial score (nSPS) is 12.8. The fraction of sp³-hybridized carbons (Fsp3) is 0.231. The van der Waals surface area contributed by atoms with Crippen molar-refractivity contribution in [3.8, 4) is 17.0 Å². The molecule has 1 aromatic heterocycles. The molecule has 0 saturated heterocycles. The molecular formula is C13H12N2O2. The number of fused-ring (bicyclic) bond motifs is 3. The maximum absolute atomic E-state index is 11.2. The molecule has 1 heterocycles. The third-order valence-electron chi connectivity index (χ3n) is 3.12. The van der Waals surface area contributed by atoms with Crippen LogP contribution >= 0.6 is 0 Å². The summed E-state index contributed by atoms with van der Waals surface area (Å²) in [6.45, 7) is 0. The number of aryl methyl sites for hydroxylation is 2. The Balaban J connectivity index is 2.23. The van der Waals surface area contributed by atoms with E-state index in [0.29, 0.717) is 0 Å². The lowest BCUT2D eigenvalue weighted by Crippen LogP contribution is -2.14. The van der Waals surface area contributed by atoms with Crippen LogP contribution in [0.1, 0.15) is 11.1 Å². The summed E-state index contributed by atoms with van der Waals surface area (Å²) in [6, 6.07) is 7.61. The summed E-state index contributed by atoms with van der Waals surface area (Å²) in [5.41, 5.74) is 4.04. The highest BCUT2D eigenvalue weighted by Gasteiger charge is 2.18. The van der Waals surface area contributed by atoms with Gasteiger partial charge in [0.05, 0.1) is 12.8 Å². The molecule has 3 rings (SSSR count). The van der Waals surface area contributed by atoms with Crippen LogP contribution in [0.3, 0.4) is 0 Å². The Morgan fingerprint density at radius 1 is 1.24 bits per heavy atom. The maximum atomic E-state index is 11.2. The molecule has 1 N–H and O–H groups in total. The third kappa shape index (κ3) is 1.62. The second-order valence-electron chi connectivity index (χ2n) is 4.13. The van der Waals surface area contributed by atoms with Gasteiger partial charge >= 0.3 is 0 Å². The van der Waals surface area contributed by atoms with E-state index in [1.54, 1.807) is 13.2 Å². The summed E-state index contributed by atoms with van der Waals surface area (Å²) in [5, 5.41) is 6.63. The zero-order chi connectivity index (χ0) is 11.8. The van der Waals surface area contributed by atoms with E-state index < -0.39 is 0 Å². The number of benzene rings is 1. The molecule has 0 atom stereocenters. The van der Waals surface area contributed by atoms with Gasteiger partial charge in [0, 0.05) is 11.6 Å². The fourth-order valence-electron chi connectivity index (χ4n) is 2.26. The highest BCUT2D eigenvalue weighted by Crippen LogP contribution is 2.33. The SMILES string of the molecule is COc1ccc2c(c1)-c1n[nH]c(=O)cc1CC2. The van der Waals surface area contributed by atoms with Gasteiger partial charge in [0.2, 0.25) is 0 Å². The van der Waals surface area contributed by atoms with Crippen LogP contribution in [0, 0.1) is 0 Å². The van der Waals surface area contributed by atoms with Crippen LogP contribution in [0.15, 0.2) is 29.1 Å². The van der Waals surface area contributed by atoms with Crippen molar-refractivity contribution in [3.63, 3.8) is 0 Å². The second-order valence-corrected chi connectivity index (χ2v) is 4.13. The molecule has 0 radical (unpaired) electrons. The maximum Gasteiger partial charge on any atom is 0.264 e. The molecule has 86 valence electrons. The van der Waals surface area contributed by atoms with Crippen molar-refractivity contribution in [2.75, 3.05) is 7.11 Å². The number of ether oxygens (including phenoxy) is 1. The Hall–Kier alpha value is -2.10. The third-order valence-corrected chi connectivity index (χ3v) is 3.12. The van der Waals surface area contributed by atoms with E-state index in [-0.39, 0.29) is 5.56 Å². The van der Waals surface area contributed by atoms with Crippen molar-refractivity contribution >= 4 is 0 Å². The summed E-state index contributed by atoms with van der Waals surface area (Å²) in [4.78, 5) is 11.2. The van der Waals surface area contributed by atoms with Gasteiger partial charge in [0.15, 0.2) is 0 Å². The molecular weight excluding hydrogens is 216 g/mol. The fourth-order valence-corrected chi connectivity index (χ4v) is 2.26. The van der Waals surface area contributed by atoms with Gasteiger partial charge in [-0.3, -0.25) is 4.79 Å². The van der Waals surface area contributed by atoms with Gasteiger partial charge in [-0.1, -0.05) is 6.07 Å². The quantitative estimate of drug-likeness (QED) is 0.805. The number of hydrogen-bond donors (Lipinski definition) is 1. The summed E-state index contributed by atoms with van der Waals surface area (Å²) in [5.74, 6) is 0.810. The summed E-state index contributed by atoms with van der Waals surface area (Å²) < 4.78 is 5.22. The zero-order valence-electron chi connectivity index (χ0n) is 9.49. The molecule has 17 heavy (non-hydrogen) atoms. The number of aromatic amines is 1. The van der Waals surface area contributed by atoms with Crippen LogP contribution in [0.4, 0.5) is 0 Å². The number of nitrogens with zero attached hydrogens (tertiary/aromatic N) is 1. The first-order valence-electron chi connectivity index (χ1n) is 5.54. The van der Waals surface area contributed by atoms with Crippen molar-refractivity contribution in [1.82, 2.24) is 10.2 Å². The zero-order valence-corrected chi connectivity index (χ0v) is 9.49. The van der Waals surface area contributed by atoms with Gasteiger partial charge in [-0.25, -0.2) is 5.10 Å². The number of methoxy groups -OCH3 is 1. The molecule has 0 bridgehead atoms. The Morgan fingerprint density at radius 2 is 2.06 bits per heavy atom. The smallest absolute Gasteiger partial charge is 0.264 e. The molecule has 4 heteroatoms. The highest BCUT2D eigenvalue weighted by atomic mass is 16.5. The van der Waals surface area contributed by atoms with E-state index in [0.717, 1.165) is 35.4 Å². The van der Waals surface area contributed by atoms with Gasteiger partial charge in [-0.2, -0.15) is 5.10 Å². The molecule has 0 aliphatic heterocycles. The molecule has 4 nitrogen and oxygen atoms in total. The number of rotatable bonds is 1. The van der Waals surface area contributed by atoms with Crippen molar-refractivity contribution in [2.45, 2.75) is 12.8 Å². The first-order chi connectivity index (χ1) is 8.28. The number of aromatic nitrogens is 2. The Morgan fingerprint density at radius 3 is 2.88 bits per heavy atom. The van der Waals surface area contributed by atoms with E-state index in [1.807, 2.05) is 12.1 Å². The second kappa shape index (κ2) is 3.73. The van der Waals surface area contributed by atoms with Crippen LogP contribution in [-0.4, -0.2) is 17.3 Å². The van der Waals surface area contributed by atoms with Gasteiger partial charge in [0.1, 0.15) is 5.75 Å². The van der Waals surface area contributed by atoms with E-state index in [2.05, 4.69) is 16.3 Å². The minimum Gasteiger partial charge on any atom is -0.497 e.